The van der Waals surface area contributed by atoms with Gasteiger partial charge in [0, 0.05) is 37.0 Å². The molecule has 0 atom stereocenters. The molecule has 8 heteroatoms. The van der Waals surface area contributed by atoms with Crippen molar-refractivity contribution in [1.29, 1.82) is 5.41 Å². The Bertz CT molecular complexity index is 1310. The molecule has 1 heterocycles. The number of Topliss-reactive ketones (excluding diaryl/α,β-unsaturated/α-hetero) is 1. The van der Waals surface area contributed by atoms with Crippen LogP contribution in [0.25, 0.3) is 0 Å². The van der Waals surface area contributed by atoms with Gasteiger partial charge in [0.05, 0.1) is 13.1 Å². The predicted molar refractivity (Wildman–Crippen MR) is 152 cm³/mol. The van der Waals surface area contributed by atoms with Crippen molar-refractivity contribution >= 4 is 28.7 Å². The second kappa shape index (κ2) is 11.1. The van der Waals surface area contributed by atoms with E-state index in [0.717, 1.165) is 5.56 Å². The second-order valence-electron chi connectivity index (χ2n) is 11.6. The van der Waals surface area contributed by atoms with E-state index in [2.05, 4.69) is 0 Å². The summed E-state index contributed by atoms with van der Waals surface area (Å²) < 4.78 is 3.14. The summed E-state index contributed by atoms with van der Waals surface area (Å²) in [6, 6.07) is 13.1. The van der Waals surface area contributed by atoms with Crippen LogP contribution in [0.2, 0.25) is 0 Å². The Hall–Kier alpha value is -3.13. The molecule has 200 valence electrons. The summed E-state index contributed by atoms with van der Waals surface area (Å²) in [4.78, 5) is 27.9. The van der Waals surface area contributed by atoms with Crippen molar-refractivity contribution in [3.05, 3.63) is 82.2 Å². The van der Waals surface area contributed by atoms with Gasteiger partial charge in [-0.1, -0.05) is 71.9 Å². The molecule has 0 saturated heterocycles. The molecule has 2 N–H and O–H groups in total. The lowest BCUT2D eigenvalue weighted by Gasteiger charge is -2.28. The number of carbonyl (C=O) groups is 2. The number of amides is 1. The first-order valence-electron chi connectivity index (χ1n) is 12.1. The van der Waals surface area contributed by atoms with E-state index in [0.29, 0.717) is 28.9 Å². The molecule has 1 amide bonds. The fraction of sp³-hybridized carbons (Fsp3) is 0.414. The number of phenols is 1. The van der Waals surface area contributed by atoms with Gasteiger partial charge >= 0.3 is 0 Å². The normalized spacial score (nSPS) is 11.7. The number of halogens is 1. The minimum atomic E-state index is -0.363. The van der Waals surface area contributed by atoms with Gasteiger partial charge in [0.25, 0.3) is 5.91 Å². The first-order chi connectivity index (χ1) is 16.6. The fourth-order valence-corrected chi connectivity index (χ4v) is 4.18. The number of phenolic OH excluding ortho intramolecular Hbond substituents is 1. The minimum Gasteiger partial charge on any atom is -0.507 e. The largest absolute Gasteiger partial charge is 0.507 e. The summed E-state index contributed by atoms with van der Waals surface area (Å²) in [7, 11) is 3.33. The minimum absolute atomic E-state index is 0. The number of aromatic hydroxyl groups is 1. The van der Waals surface area contributed by atoms with Gasteiger partial charge < -0.3 is 19.1 Å². The van der Waals surface area contributed by atoms with Crippen molar-refractivity contribution in [2.75, 3.05) is 14.1 Å². The van der Waals surface area contributed by atoms with Gasteiger partial charge in [-0.15, -0.1) is 17.0 Å². The molecule has 2 aromatic carbocycles. The van der Waals surface area contributed by atoms with Gasteiger partial charge in [-0.25, -0.2) is 0 Å². The van der Waals surface area contributed by atoms with E-state index >= 15 is 0 Å². The Morgan fingerprint density at radius 1 is 0.946 bits per heavy atom. The van der Waals surface area contributed by atoms with E-state index in [-0.39, 0.29) is 57.4 Å². The third-order valence-electron chi connectivity index (χ3n) is 6.27. The maximum Gasteiger partial charge on any atom is 0.271 e. The second-order valence-corrected chi connectivity index (χ2v) is 11.6. The maximum atomic E-state index is 13.5. The lowest BCUT2D eigenvalue weighted by Crippen LogP contribution is -2.31. The number of carbonyl (C=O) groups excluding carboxylic acids is 2. The first kappa shape index (κ1) is 30.1. The highest BCUT2D eigenvalue weighted by molar-refractivity contribution is 8.93. The van der Waals surface area contributed by atoms with E-state index in [1.807, 2.05) is 71.9 Å². The van der Waals surface area contributed by atoms with Crippen LogP contribution in [-0.4, -0.2) is 44.9 Å². The van der Waals surface area contributed by atoms with E-state index in [4.69, 9.17) is 5.41 Å². The molecule has 3 aromatic rings. The van der Waals surface area contributed by atoms with Crippen molar-refractivity contribution in [1.82, 2.24) is 14.0 Å². The summed E-state index contributed by atoms with van der Waals surface area (Å²) in [6.07, 6.45) is 1.58. The highest BCUT2D eigenvalue weighted by Gasteiger charge is 2.28. The smallest absolute Gasteiger partial charge is 0.271 e. The number of ketones is 1. The summed E-state index contributed by atoms with van der Waals surface area (Å²) in [5.41, 5.74) is 2.54. The lowest BCUT2D eigenvalue weighted by atomic mass is 9.78. The predicted octanol–water partition coefficient (Wildman–Crippen LogP) is 5.28. The van der Waals surface area contributed by atoms with Crippen LogP contribution in [0.3, 0.4) is 0 Å². The van der Waals surface area contributed by atoms with Gasteiger partial charge in [-0.05, 0) is 28.5 Å². The average Bonchev–Trinajstić information content (AvgIpc) is 3.07. The number of nitrogens with one attached hydrogen (secondary N) is 1. The third kappa shape index (κ3) is 6.60. The van der Waals surface area contributed by atoms with Crippen LogP contribution in [0.15, 0.2) is 48.7 Å². The molecule has 0 radical (unpaired) electrons. The van der Waals surface area contributed by atoms with E-state index in [1.54, 1.807) is 37.0 Å². The Kier molecular flexibility index (Phi) is 9.02. The number of hydrogen-bond donors (Lipinski definition) is 2. The molecule has 3 rings (SSSR count). The molecule has 0 unspecified atom stereocenters. The van der Waals surface area contributed by atoms with Gasteiger partial charge in [0.1, 0.15) is 11.4 Å². The van der Waals surface area contributed by atoms with Gasteiger partial charge in [-0.2, -0.15) is 0 Å². The number of rotatable bonds is 6. The Labute approximate surface area is 230 Å². The van der Waals surface area contributed by atoms with E-state index in [9.17, 15) is 14.7 Å². The van der Waals surface area contributed by atoms with Crippen molar-refractivity contribution < 1.29 is 14.7 Å². The van der Waals surface area contributed by atoms with Gasteiger partial charge in [-0.3, -0.25) is 15.0 Å². The van der Waals surface area contributed by atoms with Crippen LogP contribution in [0.5, 0.6) is 5.75 Å². The van der Waals surface area contributed by atoms with Crippen molar-refractivity contribution in [2.24, 2.45) is 0 Å². The van der Waals surface area contributed by atoms with Crippen molar-refractivity contribution in [2.45, 2.75) is 65.5 Å². The van der Waals surface area contributed by atoms with Crippen LogP contribution < -0.4 is 5.62 Å². The van der Waals surface area contributed by atoms with Crippen LogP contribution in [0.4, 0.5) is 0 Å². The average molecular weight is 572 g/mol. The standard InChI is InChI=1S/C29H38N4O3.BrH/c1-28(2,3)21-14-20(15-22(25(21)35)29(4,5)6)24(34)18-32-17-23(26(36)31(7)8)33(27(32)30)16-19-12-10-9-11-13-19;/h9-15,17,30,35H,16,18H2,1-8H3;1H. The molecule has 0 aliphatic rings. The van der Waals surface area contributed by atoms with E-state index in [1.165, 1.54) is 9.47 Å². The number of nitrogens with zero attached hydrogens (tertiary/aromatic N) is 3. The van der Waals surface area contributed by atoms with Crippen LogP contribution in [0, 0.1) is 5.41 Å². The van der Waals surface area contributed by atoms with Gasteiger partial charge in [0.2, 0.25) is 5.62 Å². The van der Waals surface area contributed by atoms with Crippen LogP contribution in [-0.2, 0) is 23.9 Å². The molecule has 37 heavy (non-hydrogen) atoms. The molecule has 0 saturated carbocycles. The fourth-order valence-electron chi connectivity index (χ4n) is 4.18. The summed E-state index contributed by atoms with van der Waals surface area (Å²) in [5.74, 6) is -0.209. The number of imidazole rings is 1. The topological polar surface area (TPSA) is 91.3 Å². The third-order valence-corrected chi connectivity index (χ3v) is 6.27. The Balaban J connectivity index is 0.00000481. The highest BCUT2D eigenvalue weighted by atomic mass is 79.9. The first-order valence-corrected chi connectivity index (χ1v) is 12.1. The SMILES string of the molecule is Br.CN(C)C(=O)c1cn(CC(=O)c2cc(C(C)(C)C)c(O)c(C(C)(C)C)c2)c(=N)n1Cc1ccccc1. The zero-order valence-corrected chi connectivity index (χ0v) is 24.8. The molecule has 0 spiro atoms. The number of aromatic nitrogens is 2. The molecule has 0 aliphatic heterocycles. The molecular formula is C29H39BrN4O3. The lowest BCUT2D eigenvalue weighted by molar-refractivity contribution is 0.0816. The summed E-state index contributed by atoms with van der Waals surface area (Å²) >= 11 is 0. The van der Waals surface area contributed by atoms with Crippen LogP contribution >= 0.6 is 17.0 Å². The molecule has 7 nitrogen and oxygen atoms in total. The molecule has 1 aromatic heterocycles. The van der Waals surface area contributed by atoms with Crippen molar-refractivity contribution in [3.63, 3.8) is 0 Å². The monoisotopic (exact) mass is 570 g/mol. The van der Waals surface area contributed by atoms with Crippen molar-refractivity contribution in [3.8, 4) is 5.75 Å². The number of hydrogen-bond acceptors (Lipinski definition) is 4. The molecule has 0 aliphatic carbocycles. The van der Waals surface area contributed by atoms with Crippen LogP contribution in [0.1, 0.15) is 79.1 Å². The zero-order valence-electron chi connectivity index (χ0n) is 23.0. The maximum absolute atomic E-state index is 13.5. The number of benzene rings is 2. The van der Waals surface area contributed by atoms with E-state index < -0.39 is 0 Å². The Morgan fingerprint density at radius 2 is 1.46 bits per heavy atom. The summed E-state index contributed by atoms with van der Waals surface area (Å²) in [6.45, 7) is 12.3. The highest BCUT2D eigenvalue weighted by Crippen LogP contribution is 2.39. The summed E-state index contributed by atoms with van der Waals surface area (Å²) in [5, 5.41) is 19.8. The quantitative estimate of drug-likeness (QED) is 0.395. The molecular weight excluding hydrogens is 532 g/mol. The molecule has 0 bridgehead atoms. The Morgan fingerprint density at radius 3 is 1.92 bits per heavy atom. The molecule has 0 fully saturated rings. The zero-order chi connectivity index (χ0) is 27.0. The van der Waals surface area contributed by atoms with Gasteiger partial charge in [0.15, 0.2) is 5.78 Å².